The lowest BCUT2D eigenvalue weighted by Gasteiger charge is -2.32. The van der Waals surface area contributed by atoms with Crippen molar-refractivity contribution >= 4 is 5.91 Å². The Balaban J connectivity index is 1.67. The summed E-state index contributed by atoms with van der Waals surface area (Å²) in [6.45, 7) is 4.79. The fourth-order valence-corrected chi connectivity index (χ4v) is 4.65. The summed E-state index contributed by atoms with van der Waals surface area (Å²) in [5.41, 5.74) is 3.32. The van der Waals surface area contributed by atoms with E-state index in [0.717, 1.165) is 5.57 Å². The number of benzene rings is 1. The Morgan fingerprint density at radius 3 is 1.96 bits per heavy atom. The molecule has 1 aromatic rings. The molecule has 0 bridgehead atoms. The molecule has 1 aliphatic heterocycles. The molecule has 1 aliphatic carbocycles. The first-order chi connectivity index (χ1) is 13.7. The predicted molar refractivity (Wildman–Crippen MR) is 117 cm³/mol. The molecular formula is C25H38N2O. The van der Waals surface area contributed by atoms with Gasteiger partial charge in [-0.15, -0.1) is 0 Å². The van der Waals surface area contributed by atoms with Crippen LogP contribution >= 0.6 is 0 Å². The third-order valence-electron chi connectivity index (χ3n) is 6.59. The van der Waals surface area contributed by atoms with Crippen LogP contribution in [0.15, 0.2) is 41.5 Å². The maximum absolute atomic E-state index is 12.9. The average Bonchev–Trinajstić information content (AvgIpc) is 2.89. The molecule has 1 amide bonds. The van der Waals surface area contributed by atoms with Crippen LogP contribution in [0.2, 0.25) is 0 Å². The molecule has 1 aromatic carbocycles. The van der Waals surface area contributed by atoms with Crippen LogP contribution in [0, 0.1) is 0 Å². The number of hydrogen-bond acceptors (Lipinski definition) is 2. The van der Waals surface area contributed by atoms with Crippen molar-refractivity contribution in [2.75, 3.05) is 0 Å². The van der Waals surface area contributed by atoms with Crippen molar-refractivity contribution in [3.8, 4) is 0 Å². The van der Waals surface area contributed by atoms with Crippen molar-refractivity contribution in [1.29, 1.82) is 0 Å². The minimum absolute atomic E-state index is 0.0469. The van der Waals surface area contributed by atoms with Gasteiger partial charge in [-0.25, -0.2) is 0 Å². The van der Waals surface area contributed by atoms with Crippen molar-refractivity contribution in [3.63, 3.8) is 0 Å². The van der Waals surface area contributed by atoms with Gasteiger partial charge in [0.25, 0.3) is 5.91 Å². The standard InChI is InChI=1S/C25H38N2O/c1-20-21(2)25(28)27(19-22-15-11-10-12-16-22)24(20)26-23-17-13-8-6-4-3-5-7-9-14-18-23/h10-12,15-16,23-24,26H,3-9,13-14,17-19H2,1-2H3/t24-/m1/s1. The molecule has 0 aromatic heterocycles. The van der Waals surface area contributed by atoms with Crippen molar-refractivity contribution in [2.45, 2.75) is 103 Å². The zero-order chi connectivity index (χ0) is 19.8. The number of carbonyl (C=O) groups is 1. The highest BCUT2D eigenvalue weighted by Crippen LogP contribution is 2.27. The van der Waals surface area contributed by atoms with E-state index >= 15 is 0 Å². The third-order valence-corrected chi connectivity index (χ3v) is 6.59. The van der Waals surface area contributed by atoms with Crippen molar-refractivity contribution in [1.82, 2.24) is 10.2 Å². The summed E-state index contributed by atoms with van der Waals surface area (Å²) in [5, 5.41) is 3.90. The maximum Gasteiger partial charge on any atom is 0.251 e. The van der Waals surface area contributed by atoms with Gasteiger partial charge in [0, 0.05) is 18.2 Å². The lowest BCUT2D eigenvalue weighted by Crippen LogP contribution is -2.49. The zero-order valence-corrected chi connectivity index (χ0v) is 17.9. The number of amides is 1. The van der Waals surface area contributed by atoms with Gasteiger partial charge >= 0.3 is 0 Å². The Kier molecular flexibility index (Phi) is 8.14. The Labute approximate surface area is 171 Å². The lowest BCUT2D eigenvalue weighted by molar-refractivity contribution is -0.128. The molecule has 1 fully saturated rings. The van der Waals surface area contributed by atoms with E-state index in [1.807, 2.05) is 17.9 Å². The number of carbonyl (C=O) groups excluding carboxylic acids is 1. The second-order valence-electron chi connectivity index (χ2n) is 8.75. The van der Waals surface area contributed by atoms with Gasteiger partial charge in [0.2, 0.25) is 0 Å². The van der Waals surface area contributed by atoms with E-state index in [2.05, 4.69) is 36.5 Å². The van der Waals surface area contributed by atoms with Crippen molar-refractivity contribution in [2.24, 2.45) is 0 Å². The molecule has 3 heteroatoms. The summed E-state index contributed by atoms with van der Waals surface area (Å²) in [6.07, 6.45) is 14.8. The van der Waals surface area contributed by atoms with Gasteiger partial charge in [-0.05, 0) is 37.8 Å². The second kappa shape index (κ2) is 10.8. The van der Waals surface area contributed by atoms with Crippen LogP contribution in [0.1, 0.15) is 90.0 Å². The third kappa shape index (κ3) is 5.70. The molecule has 0 unspecified atom stereocenters. The molecule has 1 heterocycles. The highest BCUT2D eigenvalue weighted by atomic mass is 16.2. The molecule has 2 aliphatic rings. The Hall–Kier alpha value is -1.61. The van der Waals surface area contributed by atoms with E-state index < -0.39 is 0 Å². The maximum atomic E-state index is 12.9. The van der Waals surface area contributed by atoms with Crippen LogP contribution in [-0.2, 0) is 11.3 Å². The predicted octanol–water partition coefficient (Wildman–Crippen LogP) is 5.95. The van der Waals surface area contributed by atoms with Gasteiger partial charge in [-0.1, -0.05) is 88.1 Å². The molecular weight excluding hydrogens is 344 g/mol. The van der Waals surface area contributed by atoms with E-state index in [1.165, 1.54) is 81.8 Å². The Morgan fingerprint density at radius 2 is 1.39 bits per heavy atom. The number of nitrogens with zero attached hydrogens (tertiary/aromatic N) is 1. The number of rotatable bonds is 4. The van der Waals surface area contributed by atoms with Gasteiger partial charge in [-0.3, -0.25) is 10.1 Å². The highest BCUT2D eigenvalue weighted by molar-refractivity contribution is 5.96. The quantitative estimate of drug-likeness (QED) is 0.697. The fraction of sp³-hybridized carbons (Fsp3) is 0.640. The highest BCUT2D eigenvalue weighted by Gasteiger charge is 2.35. The SMILES string of the molecule is CC1=C(C)[C@H](NC2CCCCCCCCCCC2)N(Cc2ccccc2)C1=O. The lowest BCUT2D eigenvalue weighted by atomic mass is 9.97. The molecule has 3 nitrogen and oxygen atoms in total. The smallest absolute Gasteiger partial charge is 0.251 e. The minimum atomic E-state index is 0.0469. The molecule has 0 saturated heterocycles. The van der Waals surface area contributed by atoms with Crippen LogP contribution in [-0.4, -0.2) is 23.0 Å². The van der Waals surface area contributed by atoms with E-state index in [-0.39, 0.29) is 12.1 Å². The summed E-state index contributed by atoms with van der Waals surface area (Å²) >= 11 is 0. The normalized spacial score (nSPS) is 23.6. The minimum Gasteiger partial charge on any atom is -0.315 e. The molecule has 1 N–H and O–H groups in total. The molecule has 0 spiro atoms. The largest absolute Gasteiger partial charge is 0.315 e. The Bertz CT molecular complexity index is 640. The van der Waals surface area contributed by atoms with E-state index in [0.29, 0.717) is 12.6 Å². The van der Waals surface area contributed by atoms with Gasteiger partial charge in [0.05, 0.1) is 0 Å². The molecule has 28 heavy (non-hydrogen) atoms. The second-order valence-corrected chi connectivity index (χ2v) is 8.75. The van der Waals surface area contributed by atoms with Gasteiger partial charge in [0.1, 0.15) is 6.17 Å². The van der Waals surface area contributed by atoms with E-state index in [1.54, 1.807) is 0 Å². The van der Waals surface area contributed by atoms with Crippen LogP contribution in [0.3, 0.4) is 0 Å². The number of nitrogens with one attached hydrogen (secondary N) is 1. The summed E-state index contributed by atoms with van der Waals surface area (Å²) in [7, 11) is 0. The first kappa shape index (κ1) is 21.1. The first-order valence-corrected chi connectivity index (χ1v) is 11.4. The van der Waals surface area contributed by atoms with Crippen LogP contribution in [0.25, 0.3) is 0 Å². The topological polar surface area (TPSA) is 32.3 Å². The van der Waals surface area contributed by atoms with Crippen LogP contribution in [0.5, 0.6) is 0 Å². The first-order valence-electron chi connectivity index (χ1n) is 11.4. The molecule has 0 radical (unpaired) electrons. The molecule has 3 rings (SSSR count). The van der Waals surface area contributed by atoms with Gasteiger partial charge in [0.15, 0.2) is 0 Å². The van der Waals surface area contributed by atoms with Gasteiger partial charge in [-0.2, -0.15) is 0 Å². The van der Waals surface area contributed by atoms with E-state index in [9.17, 15) is 4.79 Å². The monoisotopic (exact) mass is 382 g/mol. The summed E-state index contributed by atoms with van der Waals surface area (Å²) < 4.78 is 0. The molecule has 1 atom stereocenters. The zero-order valence-electron chi connectivity index (χ0n) is 17.9. The summed E-state index contributed by atoms with van der Waals surface area (Å²) in [4.78, 5) is 14.9. The molecule has 1 saturated carbocycles. The van der Waals surface area contributed by atoms with Crippen LogP contribution in [0.4, 0.5) is 0 Å². The van der Waals surface area contributed by atoms with Crippen LogP contribution < -0.4 is 5.32 Å². The van der Waals surface area contributed by atoms with Crippen molar-refractivity contribution in [3.05, 3.63) is 47.0 Å². The number of hydrogen-bond donors (Lipinski definition) is 1. The summed E-state index contributed by atoms with van der Waals surface area (Å²) in [6, 6.07) is 10.9. The van der Waals surface area contributed by atoms with Crippen molar-refractivity contribution < 1.29 is 4.79 Å². The Morgan fingerprint density at radius 1 is 0.857 bits per heavy atom. The summed E-state index contributed by atoms with van der Waals surface area (Å²) in [5.74, 6) is 0.187. The fourth-order valence-electron chi connectivity index (χ4n) is 4.65. The van der Waals surface area contributed by atoms with E-state index in [4.69, 9.17) is 0 Å². The van der Waals surface area contributed by atoms with Gasteiger partial charge < -0.3 is 4.90 Å². The molecule has 154 valence electrons. The average molecular weight is 383 g/mol.